The molecule has 222 valence electrons. The molecule has 0 aliphatic carbocycles. The highest BCUT2D eigenvalue weighted by molar-refractivity contribution is 5.72. The Morgan fingerprint density at radius 3 is 2.23 bits per heavy atom. The first-order chi connectivity index (χ1) is 18.8. The van der Waals surface area contributed by atoms with Gasteiger partial charge in [0.05, 0.1) is 12.1 Å². The Kier molecular flexibility index (Phi) is 12.6. The molecule has 1 amide bonds. The van der Waals surface area contributed by atoms with Crippen molar-refractivity contribution in [3.63, 3.8) is 0 Å². The summed E-state index contributed by atoms with van der Waals surface area (Å²) in [6, 6.07) is 10.3. The molecule has 2 aromatic rings. The Balaban J connectivity index is 1.98. The third kappa shape index (κ3) is 12.1. The maximum absolute atomic E-state index is 13.0. The maximum atomic E-state index is 13.0. The molecule has 0 radical (unpaired) electrons. The molecule has 0 saturated heterocycles. The van der Waals surface area contributed by atoms with Gasteiger partial charge in [0, 0.05) is 26.0 Å². The minimum Gasteiger partial charge on any atom is -0.492 e. The molecule has 0 fully saturated rings. The van der Waals surface area contributed by atoms with E-state index in [9.17, 15) is 41.0 Å². The monoisotopic (exact) mass is 579 g/mol. The van der Waals surface area contributed by atoms with E-state index in [4.69, 9.17) is 14.2 Å². The second kappa shape index (κ2) is 15.3. The summed E-state index contributed by atoms with van der Waals surface area (Å²) in [4.78, 5) is 25.1. The fourth-order valence-corrected chi connectivity index (χ4v) is 3.63. The van der Waals surface area contributed by atoms with E-state index in [1.807, 2.05) is 0 Å². The molecule has 2 rings (SSSR count). The van der Waals surface area contributed by atoms with Gasteiger partial charge in [0.25, 0.3) is 0 Å². The number of alkyl halides is 6. The molecule has 0 aliphatic heterocycles. The molecular weight excluding hydrogens is 548 g/mol. The molecule has 0 bridgehead atoms. The summed E-state index contributed by atoms with van der Waals surface area (Å²) in [6.45, 7) is 1.84. The number of benzene rings is 2. The van der Waals surface area contributed by atoms with Crippen LogP contribution >= 0.6 is 0 Å². The lowest BCUT2D eigenvalue weighted by molar-refractivity contribution is -0.150. The third-order valence-electron chi connectivity index (χ3n) is 5.63. The summed E-state index contributed by atoms with van der Waals surface area (Å²) in [5.41, 5.74) is -0.308. The van der Waals surface area contributed by atoms with Crippen LogP contribution in [-0.4, -0.2) is 60.7 Å². The number of carbonyl (C=O) groups excluding carboxylic acids is 1. The smallest absolute Gasteiger partial charge is 0.416 e. The van der Waals surface area contributed by atoms with Crippen LogP contribution in [0.3, 0.4) is 0 Å². The van der Waals surface area contributed by atoms with E-state index in [1.165, 1.54) is 6.07 Å². The zero-order valence-electron chi connectivity index (χ0n) is 21.8. The highest BCUT2D eigenvalue weighted by Crippen LogP contribution is 2.31. The SMILES string of the molecule is CCOC(Cc1ccc(OCCN(CCCCCC(F)(F)F)C(=O)Oc2cccc(C(F)(F)F)c2)cc1)C(=O)O. The number of carboxylic acids is 1. The Labute approximate surface area is 227 Å². The van der Waals surface area contributed by atoms with Gasteiger partial charge in [0.1, 0.15) is 18.1 Å². The number of nitrogens with zero attached hydrogens (tertiary/aromatic N) is 1. The number of unbranched alkanes of at least 4 members (excludes halogenated alkanes) is 2. The maximum Gasteiger partial charge on any atom is 0.416 e. The molecule has 0 aliphatic rings. The Bertz CT molecular complexity index is 1070. The minimum absolute atomic E-state index is 0.00591. The molecule has 2 aromatic carbocycles. The van der Waals surface area contributed by atoms with Gasteiger partial charge >= 0.3 is 24.4 Å². The van der Waals surface area contributed by atoms with Crippen molar-refractivity contribution in [3.8, 4) is 11.5 Å². The molecule has 1 N–H and O–H groups in total. The molecule has 1 unspecified atom stereocenters. The molecule has 1 atom stereocenters. The van der Waals surface area contributed by atoms with E-state index < -0.39 is 42.5 Å². The van der Waals surface area contributed by atoms with Crippen LogP contribution < -0.4 is 9.47 Å². The van der Waals surface area contributed by atoms with E-state index in [-0.39, 0.29) is 57.7 Å². The van der Waals surface area contributed by atoms with Crippen molar-refractivity contribution in [1.82, 2.24) is 4.90 Å². The van der Waals surface area contributed by atoms with Gasteiger partial charge in [0.2, 0.25) is 0 Å². The number of amides is 1. The standard InChI is InChI=1S/C27H31F6NO6/c1-2-38-23(24(35)36)17-19-9-11-21(12-10-19)39-16-15-34(14-5-3-4-13-26(28,29)30)25(37)40-22-8-6-7-20(18-22)27(31,32)33/h6-12,18,23H,2-5,13-17H2,1H3,(H,35,36). The van der Waals surface area contributed by atoms with E-state index in [1.54, 1.807) is 31.2 Å². The summed E-state index contributed by atoms with van der Waals surface area (Å²) >= 11 is 0. The first kappa shape index (κ1) is 32.7. The van der Waals surface area contributed by atoms with Gasteiger partial charge < -0.3 is 24.2 Å². The van der Waals surface area contributed by atoms with Crippen LogP contribution in [0.15, 0.2) is 48.5 Å². The van der Waals surface area contributed by atoms with E-state index in [0.717, 1.165) is 17.0 Å². The molecule has 7 nitrogen and oxygen atoms in total. The summed E-state index contributed by atoms with van der Waals surface area (Å²) in [6.07, 6.45) is -11.4. The topological polar surface area (TPSA) is 85.3 Å². The largest absolute Gasteiger partial charge is 0.492 e. The Morgan fingerprint density at radius 2 is 1.62 bits per heavy atom. The predicted molar refractivity (Wildman–Crippen MR) is 132 cm³/mol. The van der Waals surface area contributed by atoms with E-state index in [0.29, 0.717) is 17.4 Å². The van der Waals surface area contributed by atoms with Gasteiger partial charge in [-0.1, -0.05) is 24.6 Å². The van der Waals surface area contributed by atoms with E-state index in [2.05, 4.69) is 0 Å². The van der Waals surface area contributed by atoms with Crippen molar-refractivity contribution in [2.45, 2.75) is 57.5 Å². The second-order valence-electron chi connectivity index (χ2n) is 8.79. The average Bonchev–Trinajstić information content (AvgIpc) is 2.87. The van der Waals surface area contributed by atoms with Crippen LogP contribution in [0.25, 0.3) is 0 Å². The second-order valence-corrected chi connectivity index (χ2v) is 8.79. The summed E-state index contributed by atoms with van der Waals surface area (Å²) in [5, 5.41) is 9.21. The summed E-state index contributed by atoms with van der Waals surface area (Å²) in [5.74, 6) is -1.01. The Hall–Kier alpha value is -3.48. The van der Waals surface area contributed by atoms with Crippen molar-refractivity contribution in [2.75, 3.05) is 26.3 Å². The third-order valence-corrected chi connectivity index (χ3v) is 5.63. The number of hydrogen-bond acceptors (Lipinski definition) is 5. The van der Waals surface area contributed by atoms with Crippen LogP contribution in [0.2, 0.25) is 0 Å². The normalized spacial score (nSPS) is 12.6. The molecular formula is C27H31F6NO6. The van der Waals surface area contributed by atoms with Gasteiger partial charge in [-0.05, 0) is 55.7 Å². The molecule has 0 spiro atoms. The lowest BCUT2D eigenvalue weighted by Gasteiger charge is -2.22. The van der Waals surface area contributed by atoms with Gasteiger partial charge in [-0.2, -0.15) is 26.3 Å². The number of aliphatic carboxylic acids is 1. The highest BCUT2D eigenvalue weighted by atomic mass is 19.4. The average molecular weight is 580 g/mol. The predicted octanol–water partition coefficient (Wildman–Crippen LogP) is 6.74. The van der Waals surface area contributed by atoms with Crippen LogP contribution in [0.4, 0.5) is 31.1 Å². The lowest BCUT2D eigenvalue weighted by atomic mass is 10.1. The number of ether oxygens (including phenoxy) is 3. The molecule has 40 heavy (non-hydrogen) atoms. The van der Waals surface area contributed by atoms with Gasteiger partial charge in [-0.3, -0.25) is 0 Å². The number of carboxylic acid groups (broad SMARTS) is 1. The first-order valence-electron chi connectivity index (χ1n) is 12.6. The van der Waals surface area contributed by atoms with Crippen LogP contribution in [0.5, 0.6) is 11.5 Å². The minimum atomic E-state index is -4.64. The first-order valence-corrected chi connectivity index (χ1v) is 12.6. The van der Waals surface area contributed by atoms with Crippen LogP contribution in [-0.2, 0) is 22.1 Å². The fourth-order valence-electron chi connectivity index (χ4n) is 3.63. The molecule has 0 aromatic heterocycles. The van der Waals surface area contributed by atoms with Crippen LogP contribution in [0.1, 0.15) is 43.7 Å². The molecule has 0 heterocycles. The lowest BCUT2D eigenvalue weighted by Crippen LogP contribution is -2.37. The van der Waals surface area contributed by atoms with Crippen molar-refractivity contribution < 1.29 is 55.2 Å². The van der Waals surface area contributed by atoms with Crippen molar-refractivity contribution in [3.05, 3.63) is 59.7 Å². The summed E-state index contributed by atoms with van der Waals surface area (Å²) < 4.78 is 92.1. The quantitative estimate of drug-likeness (QED) is 0.186. The molecule has 0 saturated carbocycles. The number of rotatable bonds is 15. The number of hydrogen-bond donors (Lipinski definition) is 1. The van der Waals surface area contributed by atoms with Crippen molar-refractivity contribution in [2.24, 2.45) is 0 Å². The van der Waals surface area contributed by atoms with Gasteiger partial charge in [-0.15, -0.1) is 0 Å². The molecule has 13 heteroatoms. The summed E-state index contributed by atoms with van der Waals surface area (Å²) in [7, 11) is 0. The number of carbonyl (C=O) groups is 2. The number of halogens is 6. The highest BCUT2D eigenvalue weighted by Gasteiger charge is 2.31. The van der Waals surface area contributed by atoms with E-state index >= 15 is 0 Å². The van der Waals surface area contributed by atoms with Crippen molar-refractivity contribution in [1.29, 1.82) is 0 Å². The van der Waals surface area contributed by atoms with Gasteiger partial charge in [-0.25, -0.2) is 9.59 Å². The van der Waals surface area contributed by atoms with Gasteiger partial charge in [0.15, 0.2) is 6.10 Å². The zero-order chi connectivity index (χ0) is 29.8. The Morgan fingerprint density at radius 1 is 0.925 bits per heavy atom. The fraction of sp³-hybridized carbons (Fsp3) is 0.481. The van der Waals surface area contributed by atoms with Crippen LogP contribution in [0, 0.1) is 0 Å². The van der Waals surface area contributed by atoms with Crippen molar-refractivity contribution >= 4 is 12.1 Å². The zero-order valence-corrected chi connectivity index (χ0v) is 21.8.